The van der Waals surface area contributed by atoms with Crippen LogP contribution in [0.3, 0.4) is 0 Å². The fourth-order valence-electron chi connectivity index (χ4n) is 2.02. The molecule has 0 saturated carbocycles. The van der Waals surface area contributed by atoms with Crippen molar-refractivity contribution in [2.45, 2.75) is 66.0 Å². The molecule has 1 aromatic carbocycles. The Kier molecular flexibility index (Phi) is 7.04. The third-order valence-electron chi connectivity index (χ3n) is 3.12. The largest absolute Gasteiger partial charge is 0.493 e. The van der Waals surface area contributed by atoms with Crippen LogP contribution in [0.2, 0.25) is 0 Å². The topological polar surface area (TPSA) is 21.3 Å². The van der Waals surface area contributed by atoms with Crippen LogP contribution in [0.1, 0.15) is 58.1 Å². The molecule has 0 atom stereocenters. The second-order valence-electron chi connectivity index (χ2n) is 6.37. The minimum absolute atomic E-state index is 0.107. The molecule has 1 N–H and O–H groups in total. The summed E-state index contributed by atoms with van der Waals surface area (Å²) in [5.41, 5.74) is 2.53. The van der Waals surface area contributed by atoms with Gasteiger partial charge in [0.1, 0.15) is 5.75 Å². The summed E-state index contributed by atoms with van der Waals surface area (Å²) in [5.74, 6) is 1.04. The molecule has 1 aromatic rings. The molecule has 2 nitrogen and oxygen atoms in total. The standard InChI is InChI=1S/C17H28BrNO/c1-6-7-8-9-20-16-13(2)10-15(18)11-14(16)12-19-17(3,4)5/h10-11,19H,6-9,12H2,1-5H3. The van der Waals surface area contributed by atoms with Crippen LogP contribution >= 0.6 is 15.9 Å². The van der Waals surface area contributed by atoms with Crippen LogP contribution in [0.4, 0.5) is 0 Å². The number of benzene rings is 1. The molecule has 0 unspecified atom stereocenters. The number of aryl methyl sites for hydroxylation is 1. The minimum Gasteiger partial charge on any atom is -0.493 e. The first kappa shape index (κ1) is 17.5. The number of nitrogens with one attached hydrogen (secondary N) is 1. The van der Waals surface area contributed by atoms with E-state index in [4.69, 9.17) is 4.74 Å². The first-order valence-corrected chi connectivity index (χ1v) is 8.29. The van der Waals surface area contributed by atoms with Gasteiger partial charge in [0, 0.05) is 22.1 Å². The van der Waals surface area contributed by atoms with Gasteiger partial charge in [-0.2, -0.15) is 0 Å². The summed E-state index contributed by atoms with van der Waals surface area (Å²) in [4.78, 5) is 0. The molecule has 0 amide bonds. The summed E-state index contributed by atoms with van der Waals surface area (Å²) < 4.78 is 7.14. The van der Waals surface area contributed by atoms with Crippen LogP contribution in [0.15, 0.2) is 16.6 Å². The van der Waals surface area contributed by atoms with Gasteiger partial charge in [-0.1, -0.05) is 35.7 Å². The van der Waals surface area contributed by atoms with Gasteiger partial charge in [0.2, 0.25) is 0 Å². The molecule has 0 spiro atoms. The summed E-state index contributed by atoms with van der Waals surface area (Å²) in [7, 11) is 0. The zero-order chi connectivity index (χ0) is 15.2. The van der Waals surface area contributed by atoms with Gasteiger partial charge in [-0.15, -0.1) is 0 Å². The van der Waals surface area contributed by atoms with E-state index in [0.717, 1.165) is 29.8 Å². The van der Waals surface area contributed by atoms with E-state index in [2.05, 4.69) is 68.0 Å². The average molecular weight is 342 g/mol. The monoisotopic (exact) mass is 341 g/mol. The van der Waals surface area contributed by atoms with Crippen molar-refractivity contribution >= 4 is 15.9 Å². The van der Waals surface area contributed by atoms with Crippen molar-refractivity contribution in [1.82, 2.24) is 5.32 Å². The van der Waals surface area contributed by atoms with Crippen LogP contribution in [0.5, 0.6) is 5.75 Å². The SMILES string of the molecule is CCCCCOc1c(C)cc(Br)cc1CNC(C)(C)C. The van der Waals surface area contributed by atoms with E-state index in [0.29, 0.717) is 0 Å². The Morgan fingerprint density at radius 3 is 2.50 bits per heavy atom. The van der Waals surface area contributed by atoms with Gasteiger partial charge in [-0.25, -0.2) is 0 Å². The predicted molar refractivity (Wildman–Crippen MR) is 90.5 cm³/mol. The molecule has 0 heterocycles. The van der Waals surface area contributed by atoms with E-state index in [9.17, 15) is 0 Å². The van der Waals surface area contributed by atoms with Crippen molar-refractivity contribution in [2.75, 3.05) is 6.61 Å². The quantitative estimate of drug-likeness (QED) is 0.687. The second-order valence-corrected chi connectivity index (χ2v) is 7.29. The first-order valence-electron chi connectivity index (χ1n) is 7.50. The smallest absolute Gasteiger partial charge is 0.126 e. The molecule has 0 aliphatic heterocycles. The molecule has 20 heavy (non-hydrogen) atoms. The van der Waals surface area contributed by atoms with Crippen LogP contribution < -0.4 is 10.1 Å². The highest BCUT2D eigenvalue weighted by atomic mass is 79.9. The predicted octanol–water partition coefficient (Wildman–Crippen LogP) is 5.21. The maximum Gasteiger partial charge on any atom is 0.126 e. The van der Waals surface area contributed by atoms with E-state index in [1.165, 1.54) is 24.0 Å². The maximum absolute atomic E-state index is 6.03. The van der Waals surface area contributed by atoms with Crippen molar-refractivity contribution in [3.63, 3.8) is 0 Å². The van der Waals surface area contributed by atoms with Gasteiger partial charge < -0.3 is 10.1 Å². The lowest BCUT2D eigenvalue weighted by atomic mass is 10.1. The molecular formula is C17H28BrNO. The van der Waals surface area contributed by atoms with Crippen molar-refractivity contribution in [3.05, 3.63) is 27.7 Å². The molecule has 3 heteroatoms. The molecule has 0 aliphatic carbocycles. The molecule has 0 radical (unpaired) electrons. The third-order valence-corrected chi connectivity index (χ3v) is 3.58. The summed E-state index contributed by atoms with van der Waals surface area (Å²) in [5, 5.41) is 3.53. The van der Waals surface area contributed by atoms with Crippen molar-refractivity contribution in [3.8, 4) is 5.75 Å². The second kappa shape index (κ2) is 8.04. The van der Waals surface area contributed by atoms with E-state index < -0.39 is 0 Å². The highest BCUT2D eigenvalue weighted by Crippen LogP contribution is 2.28. The summed E-state index contributed by atoms with van der Waals surface area (Å²) >= 11 is 3.58. The van der Waals surface area contributed by atoms with Crippen molar-refractivity contribution in [1.29, 1.82) is 0 Å². The van der Waals surface area contributed by atoms with Gasteiger partial charge in [-0.3, -0.25) is 0 Å². The van der Waals surface area contributed by atoms with Gasteiger partial charge in [-0.05, 0) is 51.8 Å². The Bertz CT molecular complexity index is 424. The van der Waals surface area contributed by atoms with E-state index in [1.807, 2.05) is 0 Å². The van der Waals surface area contributed by atoms with E-state index in [1.54, 1.807) is 0 Å². The first-order chi connectivity index (χ1) is 9.33. The van der Waals surface area contributed by atoms with Gasteiger partial charge in [0.25, 0.3) is 0 Å². The molecule has 0 bridgehead atoms. The highest BCUT2D eigenvalue weighted by Gasteiger charge is 2.13. The van der Waals surface area contributed by atoms with Gasteiger partial charge in [0.05, 0.1) is 6.61 Å². The van der Waals surface area contributed by atoms with Crippen molar-refractivity contribution < 1.29 is 4.74 Å². The Morgan fingerprint density at radius 2 is 1.90 bits per heavy atom. The molecule has 1 rings (SSSR count). The zero-order valence-corrected chi connectivity index (χ0v) is 15.1. The van der Waals surface area contributed by atoms with Crippen molar-refractivity contribution in [2.24, 2.45) is 0 Å². The van der Waals surface area contributed by atoms with Gasteiger partial charge >= 0.3 is 0 Å². The lowest BCUT2D eigenvalue weighted by Gasteiger charge is -2.22. The number of unbranched alkanes of at least 4 members (excludes halogenated alkanes) is 2. The lowest BCUT2D eigenvalue weighted by Crippen LogP contribution is -2.35. The number of hydrogen-bond donors (Lipinski definition) is 1. The Balaban J connectivity index is 2.79. The zero-order valence-electron chi connectivity index (χ0n) is 13.5. The normalized spacial score (nSPS) is 11.7. The third kappa shape index (κ3) is 6.27. The van der Waals surface area contributed by atoms with Crippen LogP contribution in [-0.2, 0) is 6.54 Å². The van der Waals surface area contributed by atoms with Crippen LogP contribution in [-0.4, -0.2) is 12.1 Å². The summed E-state index contributed by atoms with van der Waals surface area (Å²) in [6, 6.07) is 4.27. The van der Waals surface area contributed by atoms with E-state index in [-0.39, 0.29) is 5.54 Å². The minimum atomic E-state index is 0.107. The number of rotatable bonds is 7. The Hall–Kier alpha value is -0.540. The van der Waals surface area contributed by atoms with Crippen LogP contribution in [0.25, 0.3) is 0 Å². The lowest BCUT2D eigenvalue weighted by molar-refractivity contribution is 0.298. The fraction of sp³-hybridized carbons (Fsp3) is 0.647. The van der Waals surface area contributed by atoms with Crippen LogP contribution in [0, 0.1) is 6.92 Å². The Morgan fingerprint density at radius 1 is 1.20 bits per heavy atom. The molecule has 0 aromatic heterocycles. The molecule has 0 aliphatic rings. The summed E-state index contributed by atoms with van der Waals surface area (Å²) in [6.45, 7) is 12.5. The summed E-state index contributed by atoms with van der Waals surface area (Å²) in [6.07, 6.45) is 3.57. The molecule has 0 fully saturated rings. The molecule has 114 valence electrons. The number of halogens is 1. The number of hydrogen-bond acceptors (Lipinski definition) is 2. The van der Waals surface area contributed by atoms with Gasteiger partial charge in [0.15, 0.2) is 0 Å². The van der Waals surface area contributed by atoms with E-state index >= 15 is 0 Å². The molecule has 0 saturated heterocycles. The Labute approximate surface area is 132 Å². The highest BCUT2D eigenvalue weighted by molar-refractivity contribution is 9.10. The fourth-order valence-corrected chi connectivity index (χ4v) is 2.64. The maximum atomic E-state index is 6.03. The molecular weight excluding hydrogens is 314 g/mol. The average Bonchev–Trinajstić information content (AvgIpc) is 2.33. The number of ether oxygens (including phenoxy) is 1.